The predicted octanol–water partition coefficient (Wildman–Crippen LogP) is 4.85. The minimum atomic E-state index is -1.70. The lowest BCUT2D eigenvalue weighted by Crippen LogP contribution is -2.39. The van der Waals surface area contributed by atoms with Crippen LogP contribution in [0.3, 0.4) is 0 Å². The molecule has 0 saturated carbocycles. The second-order valence-electron chi connectivity index (χ2n) is 5.19. The third kappa shape index (κ3) is 5.33. The molecular formula is C17H18Cl3NO3. The van der Waals surface area contributed by atoms with Crippen molar-refractivity contribution in [1.29, 1.82) is 0 Å². The molecule has 2 rings (SSSR count). The van der Waals surface area contributed by atoms with Gasteiger partial charge in [-0.2, -0.15) is 0 Å². The van der Waals surface area contributed by atoms with Crippen LogP contribution >= 0.6 is 34.8 Å². The lowest BCUT2D eigenvalue weighted by Gasteiger charge is -2.27. The van der Waals surface area contributed by atoms with Gasteiger partial charge in [-0.1, -0.05) is 59.6 Å². The first kappa shape index (κ1) is 19.0. The normalized spacial score (nSPS) is 15.3. The van der Waals surface area contributed by atoms with E-state index in [1.165, 1.54) is 4.90 Å². The fourth-order valence-electron chi connectivity index (χ4n) is 2.22. The van der Waals surface area contributed by atoms with E-state index in [2.05, 4.69) is 0 Å². The van der Waals surface area contributed by atoms with Crippen LogP contribution in [0.4, 0.5) is 4.79 Å². The quantitative estimate of drug-likeness (QED) is 0.675. The highest BCUT2D eigenvalue weighted by molar-refractivity contribution is 6.50. The van der Waals surface area contributed by atoms with Crippen LogP contribution in [0.25, 0.3) is 6.08 Å². The molecular weight excluding hydrogens is 373 g/mol. The molecule has 7 heteroatoms. The van der Waals surface area contributed by atoms with Crippen molar-refractivity contribution in [1.82, 2.24) is 4.90 Å². The van der Waals surface area contributed by atoms with Crippen LogP contribution in [-0.4, -0.2) is 41.6 Å². The zero-order valence-electron chi connectivity index (χ0n) is 13.2. The minimum absolute atomic E-state index is 0.196. The molecule has 0 atom stereocenters. The summed E-state index contributed by atoms with van der Waals surface area (Å²) < 4.78 is 8.56. The second kappa shape index (κ2) is 8.65. The summed E-state index contributed by atoms with van der Waals surface area (Å²) in [4.78, 5) is 13.5. The van der Waals surface area contributed by atoms with Crippen LogP contribution in [0.5, 0.6) is 5.75 Å². The number of hydrogen-bond acceptors (Lipinski definition) is 3. The number of benzene rings is 1. The number of para-hydroxylation sites is 1. The van der Waals surface area contributed by atoms with Crippen molar-refractivity contribution in [2.75, 3.05) is 26.1 Å². The Morgan fingerprint density at radius 1 is 1.33 bits per heavy atom. The van der Waals surface area contributed by atoms with Crippen molar-refractivity contribution in [3.05, 3.63) is 47.6 Å². The Labute approximate surface area is 156 Å². The van der Waals surface area contributed by atoms with E-state index >= 15 is 0 Å². The van der Waals surface area contributed by atoms with Crippen LogP contribution < -0.4 is 4.74 Å². The molecule has 0 radical (unpaired) electrons. The lowest BCUT2D eigenvalue weighted by atomic mass is 10.1. The molecule has 0 bridgehead atoms. The van der Waals surface area contributed by atoms with Gasteiger partial charge in [0.25, 0.3) is 4.52 Å². The zero-order valence-corrected chi connectivity index (χ0v) is 15.4. The summed E-state index contributed by atoms with van der Waals surface area (Å²) in [5.41, 5.74) is 2.13. The van der Waals surface area contributed by atoms with E-state index in [1.807, 2.05) is 42.5 Å². The zero-order chi connectivity index (χ0) is 17.6. The Kier molecular flexibility index (Phi) is 6.84. The Morgan fingerprint density at radius 2 is 2.08 bits per heavy atom. The first-order valence-corrected chi connectivity index (χ1v) is 8.66. The number of rotatable bonds is 5. The lowest BCUT2D eigenvalue weighted by molar-refractivity contribution is 0.0864. The molecule has 1 aliphatic heterocycles. The molecule has 1 aromatic rings. The Hall–Kier alpha value is -1.36. The highest BCUT2D eigenvalue weighted by Crippen LogP contribution is 2.26. The average Bonchev–Trinajstić information content (AvgIpc) is 2.60. The van der Waals surface area contributed by atoms with Crippen LogP contribution in [0.15, 0.2) is 42.0 Å². The third-order valence-corrected chi connectivity index (χ3v) is 4.58. The fourth-order valence-corrected chi connectivity index (χ4v) is 2.41. The molecule has 1 amide bonds. The molecule has 0 N–H and O–H groups in total. The number of carbonyl (C=O) groups is 1. The number of hydrogen-bond donors (Lipinski definition) is 0. The number of nitrogens with zero attached hydrogens (tertiary/aromatic N) is 1. The molecule has 0 fully saturated rings. The maximum absolute atomic E-state index is 12.0. The molecule has 0 aromatic heterocycles. The van der Waals surface area contributed by atoms with E-state index in [0.29, 0.717) is 19.5 Å². The third-order valence-electron chi connectivity index (χ3n) is 3.51. The van der Waals surface area contributed by atoms with Crippen LogP contribution in [-0.2, 0) is 4.74 Å². The number of allylic oxidation sites excluding steroid dienone is 1. The van der Waals surface area contributed by atoms with Gasteiger partial charge in [0.1, 0.15) is 5.75 Å². The molecule has 0 spiro atoms. The van der Waals surface area contributed by atoms with Crippen molar-refractivity contribution < 1.29 is 14.3 Å². The van der Waals surface area contributed by atoms with Crippen LogP contribution in [0.1, 0.15) is 12.0 Å². The molecule has 4 nitrogen and oxygen atoms in total. The van der Waals surface area contributed by atoms with Gasteiger partial charge in [0.2, 0.25) is 0 Å². The summed E-state index contributed by atoms with van der Waals surface area (Å²) in [5.74, 6) is 0.621. The maximum Gasteiger partial charge on any atom is 0.412 e. The second-order valence-corrected chi connectivity index (χ2v) is 6.87. The standard InChI is InChI=1S/C17H18Cl3NO3/c1-23-15-5-3-2-4-14(15)7-6-13-8-10-21(11-9-13)16(22)24-17(19,20)12-18/h2-8H,9-12H2,1H3/b7-6+. The largest absolute Gasteiger partial charge is 0.496 e. The number of halogens is 3. The number of amides is 1. The van der Waals surface area contributed by atoms with Gasteiger partial charge in [-0.3, -0.25) is 0 Å². The summed E-state index contributed by atoms with van der Waals surface area (Å²) in [6.45, 7) is 0.948. The smallest absolute Gasteiger partial charge is 0.412 e. The summed E-state index contributed by atoms with van der Waals surface area (Å²) in [7, 11) is 1.64. The number of methoxy groups -OCH3 is 1. The summed E-state index contributed by atoms with van der Waals surface area (Å²) in [5, 5.41) is 0. The predicted molar refractivity (Wildman–Crippen MR) is 97.9 cm³/mol. The van der Waals surface area contributed by atoms with Gasteiger partial charge in [-0.05, 0) is 18.1 Å². The minimum Gasteiger partial charge on any atom is -0.496 e. The van der Waals surface area contributed by atoms with E-state index in [1.54, 1.807) is 7.11 Å². The van der Waals surface area contributed by atoms with E-state index in [0.717, 1.165) is 16.9 Å². The molecule has 0 aliphatic carbocycles. The molecule has 24 heavy (non-hydrogen) atoms. The Balaban J connectivity index is 1.96. The molecule has 1 aliphatic rings. The van der Waals surface area contributed by atoms with Crippen molar-refractivity contribution >= 4 is 47.0 Å². The monoisotopic (exact) mass is 389 g/mol. The number of carbonyl (C=O) groups excluding carboxylic acids is 1. The van der Waals surface area contributed by atoms with E-state index in [9.17, 15) is 4.79 Å². The van der Waals surface area contributed by atoms with Crippen molar-refractivity contribution in [3.8, 4) is 5.75 Å². The Bertz CT molecular complexity index is 644. The molecule has 1 heterocycles. The SMILES string of the molecule is COc1ccccc1/C=C/C1=CCN(C(=O)OC(Cl)(Cl)CCl)CC1. The van der Waals surface area contributed by atoms with Crippen molar-refractivity contribution in [2.24, 2.45) is 0 Å². The Morgan fingerprint density at radius 3 is 2.71 bits per heavy atom. The number of ether oxygens (including phenoxy) is 2. The fraction of sp³-hybridized carbons (Fsp3) is 0.353. The first-order valence-electron chi connectivity index (χ1n) is 7.37. The van der Waals surface area contributed by atoms with Gasteiger partial charge in [-0.15, -0.1) is 11.6 Å². The van der Waals surface area contributed by atoms with Crippen LogP contribution in [0, 0.1) is 0 Å². The van der Waals surface area contributed by atoms with E-state index in [4.69, 9.17) is 44.3 Å². The molecule has 0 unspecified atom stereocenters. The van der Waals surface area contributed by atoms with Crippen LogP contribution in [0.2, 0.25) is 0 Å². The van der Waals surface area contributed by atoms with Crippen molar-refractivity contribution in [2.45, 2.75) is 10.9 Å². The van der Waals surface area contributed by atoms with Gasteiger partial charge in [-0.25, -0.2) is 4.79 Å². The highest BCUT2D eigenvalue weighted by Gasteiger charge is 2.30. The molecule has 0 saturated heterocycles. The maximum atomic E-state index is 12.0. The van der Waals surface area contributed by atoms with Gasteiger partial charge >= 0.3 is 6.09 Å². The van der Waals surface area contributed by atoms with Gasteiger partial charge in [0, 0.05) is 18.7 Å². The highest BCUT2D eigenvalue weighted by atomic mass is 35.5. The summed E-state index contributed by atoms with van der Waals surface area (Å²) >= 11 is 17.0. The number of alkyl halides is 3. The first-order chi connectivity index (χ1) is 11.4. The average molecular weight is 391 g/mol. The topological polar surface area (TPSA) is 38.8 Å². The van der Waals surface area contributed by atoms with Gasteiger partial charge in [0.15, 0.2) is 0 Å². The van der Waals surface area contributed by atoms with Gasteiger partial charge < -0.3 is 14.4 Å². The van der Waals surface area contributed by atoms with E-state index < -0.39 is 10.6 Å². The van der Waals surface area contributed by atoms with Gasteiger partial charge in [0.05, 0.1) is 13.0 Å². The van der Waals surface area contributed by atoms with Crippen molar-refractivity contribution in [3.63, 3.8) is 0 Å². The molecule has 130 valence electrons. The summed E-state index contributed by atoms with van der Waals surface area (Å²) in [6.07, 6.45) is 6.10. The summed E-state index contributed by atoms with van der Waals surface area (Å²) in [6, 6.07) is 7.77. The van der Waals surface area contributed by atoms with E-state index in [-0.39, 0.29) is 5.88 Å². The molecule has 1 aromatic carbocycles.